The molecule has 1 amide bonds. The molecule has 0 saturated carbocycles. The van der Waals surface area contributed by atoms with E-state index < -0.39 is 12.1 Å². The van der Waals surface area contributed by atoms with E-state index in [1.54, 1.807) is 29.2 Å². The Morgan fingerprint density at radius 3 is 2.49 bits per heavy atom. The summed E-state index contributed by atoms with van der Waals surface area (Å²) in [5.41, 5.74) is 3.99. The van der Waals surface area contributed by atoms with Crippen LogP contribution in [0.5, 0.6) is 11.5 Å². The Morgan fingerprint density at radius 1 is 0.902 bits per heavy atom. The van der Waals surface area contributed by atoms with Crippen LogP contribution in [0.4, 0.5) is 4.79 Å². The molecule has 2 aliphatic heterocycles. The number of carbonyl (C=O) groups is 1. The van der Waals surface area contributed by atoms with Crippen molar-refractivity contribution < 1.29 is 14.3 Å². The van der Waals surface area contributed by atoms with Crippen molar-refractivity contribution in [2.45, 2.75) is 18.5 Å². The fraction of sp³-hybridized carbons (Fsp3) is 0.152. The van der Waals surface area contributed by atoms with Crippen molar-refractivity contribution in [2.24, 2.45) is 10.9 Å². The van der Waals surface area contributed by atoms with Gasteiger partial charge in [0.25, 0.3) is 0 Å². The van der Waals surface area contributed by atoms with E-state index in [4.69, 9.17) is 37.7 Å². The van der Waals surface area contributed by atoms with Gasteiger partial charge in [-0.15, -0.1) is 0 Å². The van der Waals surface area contributed by atoms with E-state index in [1.165, 1.54) is 0 Å². The van der Waals surface area contributed by atoms with E-state index in [9.17, 15) is 4.79 Å². The molecule has 0 bridgehead atoms. The number of halogens is 2. The van der Waals surface area contributed by atoms with Crippen molar-refractivity contribution in [1.82, 2.24) is 9.88 Å². The summed E-state index contributed by atoms with van der Waals surface area (Å²) in [5.74, 6) is 1.93. The zero-order chi connectivity index (χ0) is 27.9. The molecule has 3 atom stereocenters. The van der Waals surface area contributed by atoms with Crippen LogP contribution in [0.1, 0.15) is 22.9 Å². The molecule has 0 spiro atoms. The van der Waals surface area contributed by atoms with E-state index in [0.29, 0.717) is 40.4 Å². The maximum absolute atomic E-state index is 13.5. The van der Waals surface area contributed by atoms with Crippen LogP contribution in [-0.4, -0.2) is 34.5 Å². The van der Waals surface area contributed by atoms with Crippen molar-refractivity contribution in [2.75, 3.05) is 6.54 Å². The summed E-state index contributed by atoms with van der Waals surface area (Å²) in [5, 5.41) is 2.31. The number of nitrogens with one attached hydrogen (secondary N) is 1. The van der Waals surface area contributed by atoms with E-state index in [2.05, 4.69) is 23.2 Å². The number of H-pyrrole nitrogens is 1. The number of aromatic nitrogens is 1. The minimum absolute atomic E-state index is 0.0515. The molecular weight excluding hydrogens is 557 g/mol. The Bertz CT molecular complexity index is 1750. The van der Waals surface area contributed by atoms with Gasteiger partial charge in [-0.2, -0.15) is 0 Å². The van der Waals surface area contributed by atoms with Crippen LogP contribution >= 0.6 is 23.2 Å². The van der Waals surface area contributed by atoms with E-state index in [1.807, 2.05) is 60.7 Å². The summed E-state index contributed by atoms with van der Waals surface area (Å²) < 4.78 is 11.9. The van der Waals surface area contributed by atoms with Gasteiger partial charge in [-0.1, -0.05) is 65.7 Å². The fourth-order valence-electron chi connectivity index (χ4n) is 5.67. The van der Waals surface area contributed by atoms with Crippen LogP contribution in [0.15, 0.2) is 108 Å². The number of amides is 1. The highest BCUT2D eigenvalue weighted by Crippen LogP contribution is 2.40. The van der Waals surface area contributed by atoms with Crippen LogP contribution in [0.25, 0.3) is 10.9 Å². The second-order valence-electron chi connectivity index (χ2n) is 10.2. The summed E-state index contributed by atoms with van der Waals surface area (Å²) in [6.07, 6.45) is 12.5. The minimum Gasteiger partial charge on any atom is -0.439 e. The number of aliphatic imine (C=N–C) groups is 1. The molecule has 3 aromatic carbocycles. The van der Waals surface area contributed by atoms with Gasteiger partial charge in [0, 0.05) is 39.1 Å². The summed E-state index contributed by atoms with van der Waals surface area (Å²) in [6.45, 7) is 0.480. The number of allylic oxidation sites excluding steroid dienone is 2. The molecule has 7 rings (SSSR count). The Labute approximate surface area is 247 Å². The predicted octanol–water partition coefficient (Wildman–Crippen LogP) is 8.08. The first-order valence-corrected chi connectivity index (χ1v) is 14.2. The van der Waals surface area contributed by atoms with Gasteiger partial charge in [0.05, 0.1) is 6.04 Å². The number of rotatable bonds is 3. The monoisotopic (exact) mass is 581 g/mol. The zero-order valence-corrected chi connectivity index (χ0v) is 23.3. The van der Waals surface area contributed by atoms with Gasteiger partial charge in [0.2, 0.25) is 5.90 Å². The third-order valence-corrected chi connectivity index (χ3v) is 8.13. The average molecular weight is 582 g/mol. The van der Waals surface area contributed by atoms with E-state index in [0.717, 1.165) is 27.7 Å². The third kappa shape index (κ3) is 5.05. The molecule has 3 heterocycles. The lowest BCUT2D eigenvalue weighted by Crippen LogP contribution is -2.42. The van der Waals surface area contributed by atoms with E-state index >= 15 is 0 Å². The fourth-order valence-corrected chi connectivity index (χ4v) is 5.97. The second kappa shape index (κ2) is 10.6. The van der Waals surface area contributed by atoms with Crippen LogP contribution in [-0.2, 0) is 6.42 Å². The summed E-state index contributed by atoms with van der Waals surface area (Å²) in [4.78, 5) is 23.6. The SMILES string of the molecule is O=C(Oc1ccc(Cl)cc1)N1CCc2c([nH]c3ccc(Cl)cc23)C1c1ccc(OC2=NC3C=CC=CC3C=C2)cc1. The maximum Gasteiger partial charge on any atom is 0.416 e. The van der Waals surface area contributed by atoms with E-state index in [-0.39, 0.29) is 12.0 Å². The first-order chi connectivity index (χ1) is 20.0. The Balaban J connectivity index is 1.20. The van der Waals surface area contributed by atoms with Gasteiger partial charge in [-0.25, -0.2) is 9.79 Å². The molecule has 3 aliphatic rings. The quantitative estimate of drug-likeness (QED) is 0.266. The van der Waals surface area contributed by atoms with Crippen molar-refractivity contribution in [3.05, 3.63) is 130 Å². The van der Waals surface area contributed by atoms with Crippen molar-refractivity contribution in [3.63, 3.8) is 0 Å². The summed E-state index contributed by atoms with van der Waals surface area (Å²) in [7, 11) is 0. The number of aromatic amines is 1. The Morgan fingerprint density at radius 2 is 1.66 bits per heavy atom. The maximum atomic E-state index is 13.5. The highest BCUT2D eigenvalue weighted by atomic mass is 35.5. The van der Waals surface area contributed by atoms with Crippen molar-refractivity contribution in [3.8, 4) is 11.5 Å². The number of hydrogen-bond acceptors (Lipinski definition) is 4. The second-order valence-corrected chi connectivity index (χ2v) is 11.1. The average Bonchev–Trinajstić information content (AvgIpc) is 3.36. The lowest BCUT2D eigenvalue weighted by molar-refractivity contribution is 0.135. The van der Waals surface area contributed by atoms with Gasteiger partial charge in [0.15, 0.2) is 0 Å². The molecule has 0 saturated heterocycles. The van der Waals surface area contributed by atoms with Crippen LogP contribution < -0.4 is 9.47 Å². The van der Waals surface area contributed by atoms with Crippen molar-refractivity contribution >= 4 is 46.1 Å². The smallest absolute Gasteiger partial charge is 0.416 e. The Hall–Kier alpha value is -4.26. The molecule has 0 radical (unpaired) electrons. The molecule has 41 heavy (non-hydrogen) atoms. The summed E-state index contributed by atoms with van der Waals surface area (Å²) in [6, 6.07) is 20.0. The molecular formula is C33H25Cl2N3O3. The number of benzene rings is 3. The molecule has 6 nitrogen and oxygen atoms in total. The number of fused-ring (bicyclic) bond motifs is 4. The largest absolute Gasteiger partial charge is 0.439 e. The van der Waals surface area contributed by atoms with Crippen LogP contribution in [0.3, 0.4) is 0 Å². The topological polar surface area (TPSA) is 66.9 Å². The molecule has 3 unspecified atom stereocenters. The molecule has 8 heteroatoms. The van der Waals surface area contributed by atoms with Crippen LogP contribution in [0, 0.1) is 5.92 Å². The first kappa shape index (κ1) is 25.7. The third-order valence-electron chi connectivity index (χ3n) is 7.64. The molecule has 0 fully saturated rings. The number of carbonyl (C=O) groups excluding carboxylic acids is 1. The van der Waals surface area contributed by atoms with Crippen LogP contribution in [0.2, 0.25) is 10.0 Å². The standard InChI is InChI=1S/C33H25Cl2N3O3/c34-22-8-13-25(14-9-22)41-33(39)38-18-17-26-27-19-23(35)10-15-29(27)37-31(26)32(38)21-5-11-24(12-6-21)40-30-16-7-20-3-1-2-4-28(20)36-30/h1-16,19-20,28,32,37H,17-18H2. The number of hydrogen-bond donors (Lipinski definition) is 1. The molecule has 204 valence electrons. The summed E-state index contributed by atoms with van der Waals surface area (Å²) >= 11 is 12.4. The lowest BCUT2D eigenvalue weighted by atomic mass is 9.92. The molecule has 1 N–H and O–H groups in total. The van der Waals surface area contributed by atoms with Gasteiger partial charge in [-0.05, 0) is 78.2 Å². The lowest BCUT2D eigenvalue weighted by Gasteiger charge is -2.35. The van der Waals surface area contributed by atoms with Gasteiger partial charge >= 0.3 is 6.09 Å². The highest BCUT2D eigenvalue weighted by molar-refractivity contribution is 6.31. The molecule has 4 aromatic rings. The normalized spacial score (nSPS) is 20.9. The highest BCUT2D eigenvalue weighted by Gasteiger charge is 2.36. The van der Waals surface area contributed by atoms with Gasteiger partial charge < -0.3 is 14.5 Å². The van der Waals surface area contributed by atoms with Gasteiger partial charge in [-0.3, -0.25) is 4.90 Å². The van der Waals surface area contributed by atoms with Crippen molar-refractivity contribution in [1.29, 1.82) is 0 Å². The molecule has 1 aromatic heterocycles. The number of ether oxygens (including phenoxy) is 2. The zero-order valence-electron chi connectivity index (χ0n) is 21.8. The van der Waals surface area contributed by atoms with Gasteiger partial charge in [0.1, 0.15) is 17.5 Å². The number of dihydropyridines is 1. The minimum atomic E-state index is -0.439. The molecule has 1 aliphatic carbocycles. The number of nitrogens with zero attached hydrogens (tertiary/aromatic N) is 2. The first-order valence-electron chi connectivity index (χ1n) is 13.4. The predicted molar refractivity (Wildman–Crippen MR) is 162 cm³/mol. The Kier molecular flexibility index (Phi) is 6.65.